The second kappa shape index (κ2) is 6.14. The van der Waals surface area contributed by atoms with Crippen molar-refractivity contribution in [1.29, 1.82) is 0 Å². The second-order valence-electron chi connectivity index (χ2n) is 9.67. The maximum atomic E-state index is 13.4. The Morgan fingerprint density at radius 2 is 1.82 bits per heavy atom. The number of Topliss-reactive ketones (excluding diaryl/α,β-unsaturated/α-hetero) is 1. The molecule has 0 unspecified atom stereocenters. The minimum Gasteiger partial charge on any atom is -0.294 e. The van der Waals surface area contributed by atoms with Crippen LogP contribution in [0, 0.1) is 28.6 Å². The third-order valence-corrected chi connectivity index (χ3v) is 8.34. The average Bonchev–Trinajstić information content (AvgIpc) is 2.94. The molecule has 28 heavy (non-hydrogen) atoms. The highest BCUT2D eigenvalue weighted by atomic mass is 16.1. The molecule has 3 saturated carbocycles. The summed E-state index contributed by atoms with van der Waals surface area (Å²) in [7, 11) is 0. The zero-order chi connectivity index (χ0) is 19.5. The molecule has 5 atom stereocenters. The van der Waals surface area contributed by atoms with Gasteiger partial charge in [-0.25, -0.2) is 0 Å². The van der Waals surface area contributed by atoms with E-state index in [4.69, 9.17) is 0 Å². The van der Waals surface area contributed by atoms with Gasteiger partial charge in [0.05, 0.1) is 0 Å². The summed E-state index contributed by atoms with van der Waals surface area (Å²) in [6, 6.07) is 10.2. The van der Waals surface area contributed by atoms with E-state index in [0.29, 0.717) is 23.5 Å². The van der Waals surface area contributed by atoms with E-state index in [2.05, 4.69) is 38.1 Å². The first-order valence-electron chi connectivity index (χ1n) is 10.7. The lowest BCUT2D eigenvalue weighted by Gasteiger charge is -2.55. The summed E-state index contributed by atoms with van der Waals surface area (Å²) in [5.41, 5.74) is 3.23. The maximum Gasteiger partial charge on any atom is 0.178 e. The van der Waals surface area contributed by atoms with Crippen LogP contribution in [0.2, 0.25) is 0 Å². The predicted octanol–water partition coefficient (Wildman–Crippen LogP) is 5.56. The molecule has 3 fully saturated rings. The topological polar surface area (TPSA) is 34.1 Å². The molecular weight excluding hydrogens is 344 g/mol. The van der Waals surface area contributed by atoms with Crippen molar-refractivity contribution in [1.82, 2.24) is 0 Å². The van der Waals surface area contributed by atoms with E-state index < -0.39 is 0 Å². The molecule has 0 spiro atoms. The summed E-state index contributed by atoms with van der Waals surface area (Å²) in [4.78, 5) is 25.3. The highest BCUT2D eigenvalue weighted by Crippen LogP contribution is 2.64. The van der Waals surface area contributed by atoms with Gasteiger partial charge in [-0.3, -0.25) is 9.59 Å². The monoisotopic (exact) mass is 372 g/mol. The van der Waals surface area contributed by atoms with Gasteiger partial charge in [-0.1, -0.05) is 55.8 Å². The van der Waals surface area contributed by atoms with E-state index in [1.165, 1.54) is 5.57 Å². The molecule has 5 rings (SSSR count). The Hall–Kier alpha value is -2.22. The van der Waals surface area contributed by atoms with Crippen molar-refractivity contribution in [2.45, 2.75) is 46.0 Å². The molecule has 0 amide bonds. The molecule has 144 valence electrons. The maximum absolute atomic E-state index is 13.4. The standard InChI is InChI=1S/C26H28O2/c1-25-12-10-20(27)16-19(25)8-9-21-22(25)11-13-26(2)23(21)15-18(24(26)28)14-17-6-4-3-5-7-17/h3-7,10,12,14,16,21-23H,8-9,11,13,15H2,1-2H3/t21-,22+,23+,25+,26+/m1/s1. The molecule has 2 nitrogen and oxygen atoms in total. The number of allylic oxidation sites excluding steroid dienone is 5. The van der Waals surface area contributed by atoms with E-state index >= 15 is 0 Å². The molecule has 1 aromatic carbocycles. The number of ketones is 2. The van der Waals surface area contributed by atoms with Gasteiger partial charge >= 0.3 is 0 Å². The van der Waals surface area contributed by atoms with Crippen LogP contribution in [0.5, 0.6) is 0 Å². The van der Waals surface area contributed by atoms with Crippen LogP contribution in [-0.4, -0.2) is 11.6 Å². The first-order chi connectivity index (χ1) is 13.4. The normalized spacial score (nSPS) is 40.7. The van der Waals surface area contributed by atoms with Crippen LogP contribution in [-0.2, 0) is 9.59 Å². The molecule has 0 aromatic heterocycles. The van der Waals surface area contributed by atoms with Gasteiger partial charge in [0.2, 0.25) is 0 Å². The highest BCUT2D eigenvalue weighted by Gasteiger charge is 2.59. The number of benzene rings is 1. The molecule has 0 heterocycles. The van der Waals surface area contributed by atoms with Crippen molar-refractivity contribution in [2.75, 3.05) is 0 Å². The SMILES string of the molecule is C[C@]12C=CC(=O)C=C1CC[C@@H]1[C@@H]2CC[C@]2(C)C(=O)C(=Cc3ccccc3)C[C@@H]12. The number of carbonyl (C=O) groups is 2. The van der Waals surface area contributed by atoms with Crippen LogP contribution in [0.25, 0.3) is 6.08 Å². The minimum atomic E-state index is -0.215. The highest BCUT2D eigenvalue weighted by molar-refractivity contribution is 6.06. The number of hydrogen-bond acceptors (Lipinski definition) is 2. The minimum absolute atomic E-state index is 0.00684. The van der Waals surface area contributed by atoms with Crippen LogP contribution in [0.3, 0.4) is 0 Å². The molecular formula is C26H28O2. The molecule has 4 aliphatic rings. The van der Waals surface area contributed by atoms with Gasteiger partial charge in [-0.15, -0.1) is 0 Å². The smallest absolute Gasteiger partial charge is 0.178 e. The average molecular weight is 373 g/mol. The first-order valence-corrected chi connectivity index (χ1v) is 10.7. The number of carbonyl (C=O) groups excluding carboxylic acids is 2. The lowest BCUT2D eigenvalue weighted by atomic mass is 9.48. The lowest BCUT2D eigenvalue weighted by Crippen LogP contribution is -2.49. The summed E-state index contributed by atoms with van der Waals surface area (Å²) >= 11 is 0. The Morgan fingerprint density at radius 1 is 1.04 bits per heavy atom. The van der Waals surface area contributed by atoms with Gasteiger partial charge in [-0.05, 0) is 79.2 Å². The largest absolute Gasteiger partial charge is 0.294 e. The third-order valence-electron chi connectivity index (χ3n) is 8.34. The van der Waals surface area contributed by atoms with Gasteiger partial charge in [0.15, 0.2) is 11.6 Å². The van der Waals surface area contributed by atoms with Gasteiger partial charge in [0, 0.05) is 10.8 Å². The molecule has 4 aliphatic carbocycles. The third kappa shape index (κ3) is 2.46. The first kappa shape index (κ1) is 17.8. The predicted molar refractivity (Wildman–Crippen MR) is 111 cm³/mol. The van der Waals surface area contributed by atoms with E-state index in [1.54, 1.807) is 6.08 Å². The van der Waals surface area contributed by atoms with Crippen molar-refractivity contribution < 1.29 is 9.59 Å². The van der Waals surface area contributed by atoms with Crippen molar-refractivity contribution in [2.24, 2.45) is 28.6 Å². The van der Waals surface area contributed by atoms with E-state index in [0.717, 1.165) is 43.2 Å². The summed E-state index contributed by atoms with van der Waals surface area (Å²) < 4.78 is 0. The quantitative estimate of drug-likeness (QED) is 0.605. The Morgan fingerprint density at radius 3 is 2.61 bits per heavy atom. The Bertz CT molecular complexity index is 934. The fraction of sp³-hybridized carbons (Fsp3) is 0.462. The number of fused-ring (bicyclic) bond motifs is 5. The summed E-state index contributed by atoms with van der Waals surface area (Å²) in [5, 5.41) is 0. The molecule has 2 heteroatoms. The van der Waals surface area contributed by atoms with E-state index in [1.807, 2.05) is 24.3 Å². The van der Waals surface area contributed by atoms with E-state index in [-0.39, 0.29) is 16.6 Å². The van der Waals surface area contributed by atoms with Crippen LogP contribution in [0.1, 0.15) is 51.5 Å². The van der Waals surface area contributed by atoms with Crippen LogP contribution < -0.4 is 0 Å². The second-order valence-corrected chi connectivity index (χ2v) is 9.67. The summed E-state index contributed by atoms with van der Waals surface area (Å²) in [6.45, 7) is 4.54. The number of hydrogen-bond donors (Lipinski definition) is 0. The summed E-state index contributed by atoms with van der Waals surface area (Å²) in [6.07, 6.45) is 13.0. The molecule has 0 bridgehead atoms. The van der Waals surface area contributed by atoms with Crippen molar-refractivity contribution in [3.05, 3.63) is 65.3 Å². The van der Waals surface area contributed by atoms with E-state index in [9.17, 15) is 9.59 Å². The van der Waals surface area contributed by atoms with Crippen molar-refractivity contribution in [3.8, 4) is 0 Å². The molecule has 0 saturated heterocycles. The van der Waals surface area contributed by atoms with Crippen LogP contribution >= 0.6 is 0 Å². The molecule has 0 N–H and O–H groups in total. The van der Waals surface area contributed by atoms with Gasteiger partial charge < -0.3 is 0 Å². The van der Waals surface area contributed by atoms with Gasteiger partial charge in [0.25, 0.3) is 0 Å². The molecule has 0 radical (unpaired) electrons. The Labute approximate surface area is 167 Å². The Balaban J connectivity index is 1.49. The van der Waals surface area contributed by atoms with Crippen LogP contribution in [0.15, 0.2) is 59.7 Å². The fourth-order valence-electron chi connectivity index (χ4n) is 6.75. The Kier molecular flexibility index (Phi) is 3.91. The van der Waals surface area contributed by atoms with Crippen molar-refractivity contribution >= 4 is 17.6 Å². The lowest BCUT2D eigenvalue weighted by molar-refractivity contribution is -0.129. The van der Waals surface area contributed by atoms with Crippen LogP contribution in [0.4, 0.5) is 0 Å². The molecule has 1 aromatic rings. The zero-order valence-electron chi connectivity index (χ0n) is 16.8. The zero-order valence-corrected chi connectivity index (χ0v) is 16.8. The summed E-state index contributed by atoms with van der Waals surface area (Å²) in [5.74, 6) is 2.04. The number of rotatable bonds is 1. The fourth-order valence-corrected chi connectivity index (χ4v) is 6.75. The van der Waals surface area contributed by atoms with Gasteiger partial charge in [0.1, 0.15) is 0 Å². The van der Waals surface area contributed by atoms with Crippen molar-refractivity contribution in [3.63, 3.8) is 0 Å². The molecule has 0 aliphatic heterocycles. The van der Waals surface area contributed by atoms with Gasteiger partial charge in [-0.2, -0.15) is 0 Å².